The maximum atomic E-state index is 12.8. The highest BCUT2D eigenvalue weighted by molar-refractivity contribution is 7.09. The molecule has 0 aliphatic heterocycles. The first-order valence-corrected chi connectivity index (χ1v) is 22.3. The molecular formula is C52H44F6N4O8S. The first-order valence-electron chi connectivity index (χ1n) is 21.4. The number of benzene rings is 6. The number of ether oxygens (including phenoxy) is 4. The van der Waals surface area contributed by atoms with Crippen LogP contribution in [0.1, 0.15) is 63.1 Å². The van der Waals surface area contributed by atoms with Crippen LogP contribution in [0, 0.1) is 0 Å². The predicted octanol–water partition coefficient (Wildman–Crippen LogP) is 10.9. The third-order valence-electron chi connectivity index (χ3n) is 10.8. The molecule has 0 radical (unpaired) electrons. The van der Waals surface area contributed by atoms with E-state index in [1.54, 1.807) is 41.9 Å². The molecule has 6 aromatic carbocycles. The summed E-state index contributed by atoms with van der Waals surface area (Å²) >= 11 is 1.37. The van der Waals surface area contributed by atoms with E-state index < -0.39 is 41.3 Å². The molecule has 7 aromatic rings. The molecular weight excluding hydrogens is 955 g/mol. The lowest BCUT2D eigenvalue weighted by Crippen LogP contribution is -2.40. The maximum Gasteiger partial charge on any atom is 0.416 e. The van der Waals surface area contributed by atoms with Gasteiger partial charge in [0.1, 0.15) is 35.2 Å². The van der Waals surface area contributed by atoms with E-state index in [1.807, 2.05) is 60.7 Å². The Morgan fingerprint density at radius 3 is 1.49 bits per heavy atom. The highest BCUT2D eigenvalue weighted by Crippen LogP contribution is 2.34. The van der Waals surface area contributed by atoms with Crippen LogP contribution < -0.4 is 20.3 Å². The van der Waals surface area contributed by atoms with Crippen LogP contribution in [0.4, 0.5) is 26.3 Å². The number of aromatic nitrogens is 2. The largest absolute Gasteiger partial charge is 0.489 e. The zero-order chi connectivity index (χ0) is 51.0. The van der Waals surface area contributed by atoms with Crippen molar-refractivity contribution in [2.24, 2.45) is 0 Å². The molecule has 2 atom stereocenters. The SMILES string of the molecule is COC(=O)CC(C(=O)NNC=O)c1ccc(OCc2cccc(-c3ccc(C(F)(F)F)cc3)c2)cc1.COC(=O)CC(c1ccc(OCc2cccc(-c3ccc(C(F)(F)F)cc3)c2)cc1)c1nncs1. The average molecular weight is 999 g/mol. The lowest BCUT2D eigenvalue weighted by molar-refractivity contribution is -0.143. The van der Waals surface area contributed by atoms with Gasteiger partial charge in [0.2, 0.25) is 12.3 Å². The molecule has 2 unspecified atom stereocenters. The van der Waals surface area contributed by atoms with Crippen LogP contribution in [0.5, 0.6) is 11.5 Å². The molecule has 0 saturated carbocycles. The summed E-state index contributed by atoms with van der Waals surface area (Å²) < 4.78 is 98.1. The molecule has 2 amide bonds. The number of carbonyl (C=O) groups is 4. The van der Waals surface area contributed by atoms with Crippen LogP contribution in [-0.2, 0) is 54.2 Å². The highest BCUT2D eigenvalue weighted by atomic mass is 32.1. The predicted molar refractivity (Wildman–Crippen MR) is 250 cm³/mol. The Morgan fingerprint density at radius 1 is 0.606 bits per heavy atom. The minimum atomic E-state index is -4.39. The number of nitrogens with one attached hydrogen (secondary N) is 2. The van der Waals surface area contributed by atoms with Gasteiger partial charge >= 0.3 is 24.3 Å². The van der Waals surface area contributed by atoms with Crippen molar-refractivity contribution < 1.29 is 64.5 Å². The number of hydrazine groups is 1. The minimum absolute atomic E-state index is 0.155. The summed E-state index contributed by atoms with van der Waals surface area (Å²) in [6, 6.07) is 38.7. The van der Waals surface area contributed by atoms with Crippen LogP contribution >= 0.6 is 11.3 Å². The molecule has 1 heterocycles. The van der Waals surface area contributed by atoms with Gasteiger partial charge in [-0.3, -0.25) is 30.0 Å². The standard InChI is InChI=1S/C26H23F3N2O5.C26H21F3N2O3S/c1-35-24(33)14-23(25(34)31-30-16-32)19-7-11-22(12-8-19)36-15-17-3-2-4-20(13-17)18-5-9-21(10-6-18)26(27,28)29;1-33-24(32)14-23(25-31-30-16-35-25)19-7-11-22(12-8-19)34-15-17-3-2-4-20(13-17)18-5-9-21(10-6-18)26(27,28)29/h2-13,16,23H,14-15H2,1H3,(H,30,32)(H,31,34);2-13,16,23H,14-15H2,1H3. The van der Waals surface area contributed by atoms with Crippen LogP contribution in [0.15, 0.2) is 151 Å². The van der Waals surface area contributed by atoms with Gasteiger partial charge in [-0.05, 0) is 105 Å². The highest BCUT2D eigenvalue weighted by Gasteiger charge is 2.31. The van der Waals surface area contributed by atoms with Crippen molar-refractivity contribution in [2.75, 3.05) is 14.2 Å². The second kappa shape index (κ2) is 24.5. The molecule has 368 valence electrons. The van der Waals surface area contributed by atoms with Gasteiger partial charge in [0.15, 0.2) is 0 Å². The summed E-state index contributed by atoms with van der Waals surface area (Å²) in [7, 11) is 2.56. The Labute approximate surface area is 407 Å². The first-order chi connectivity index (χ1) is 34.0. The van der Waals surface area contributed by atoms with Crippen molar-refractivity contribution in [3.8, 4) is 33.8 Å². The van der Waals surface area contributed by atoms with Crippen molar-refractivity contribution in [2.45, 2.75) is 50.2 Å². The summed E-state index contributed by atoms with van der Waals surface area (Å²) in [6.45, 7) is 0.485. The fraction of sp³-hybridized carbons (Fsp3) is 0.192. The van der Waals surface area contributed by atoms with Crippen molar-refractivity contribution in [1.82, 2.24) is 21.0 Å². The summed E-state index contributed by atoms with van der Waals surface area (Å²) in [5, 5.41) is 8.70. The molecule has 2 N–H and O–H groups in total. The fourth-order valence-corrected chi connectivity index (χ4v) is 7.72. The van der Waals surface area contributed by atoms with Crippen LogP contribution in [-0.4, -0.2) is 48.7 Å². The molecule has 12 nitrogen and oxygen atoms in total. The monoisotopic (exact) mass is 998 g/mol. The summed E-state index contributed by atoms with van der Waals surface area (Å²) in [6.07, 6.45) is -8.52. The average Bonchev–Trinajstić information content (AvgIpc) is 3.93. The van der Waals surface area contributed by atoms with Crippen molar-refractivity contribution in [3.05, 3.63) is 189 Å². The van der Waals surface area contributed by atoms with Crippen LogP contribution in [0.25, 0.3) is 22.3 Å². The van der Waals surface area contributed by atoms with Gasteiger partial charge in [-0.1, -0.05) is 84.9 Å². The smallest absolute Gasteiger partial charge is 0.416 e. The van der Waals surface area contributed by atoms with E-state index in [0.29, 0.717) is 34.6 Å². The first kappa shape index (κ1) is 52.3. The van der Waals surface area contributed by atoms with E-state index in [9.17, 15) is 45.5 Å². The van der Waals surface area contributed by atoms with Crippen molar-refractivity contribution >= 4 is 35.6 Å². The van der Waals surface area contributed by atoms with Crippen molar-refractivity contribution in [3.63, 3.8) is 0 Å². The number of esters is 2. The van der Waals surface area contributed by atoms with Gasteiger partial charge < -0.3 is 18.9 Å². The van der Waals surface area contributed by atoms with Gasteiger partial charge in [-0.2, -0.15) is 26.3 Å². The topological polar surface area (TPSA) is 155 Å². The van der Waals surface area contributed by atoms with Gasteiger partial charge in [0.05, 0.1) is 44.1 Å². The summed E-state index contributed by atoms with van der Waals surface area (Å²) in [5.41, 5.74) is 10.5. The Morgan fingerprint density at radius 2 is 1.07 bits per heavy atom. The number of alkyl halides is 6. The number of rotatable bonds is 18. The number of amides is 2. The second-order valence-electron chi connectivity index (χ2n) is 15.5. The number of carbonyl (C=O) groups excluding carboxylic acids is 4. The lowest BCUT2D eigenvalue weighted by atomic mass is 9.95. The van der Waals surface area contributed by atoms with Gasteiger partial charge in [0.25, 0.3) is 0 Å². The van der Waals surface area contributed by atoms with E-state index in [2.05, 4.69) is 25.8 Å². The summed E-state index contributed by atoms with van der Waals surface area (Å²) in [4.78, 5) is 46.4. The Bertz CT molecular complexity index is 2850. The van der Waals surface area contributed by atoms with E-state index in [0.717, 1.165) is 57.1 Å². The van der Waals surface area contributed by atoms with Gasteiger partial charge in [-0.15, -0.1) is 21.5 Å². The molecule has 0 spiro atoms. The molecule has 19 heteroatoms. The molecule has 71 heavy (non-hydrogen) atoms. The molecule has 0 bridgehead atoms. The Balaban J connectivity index is 0.000000232. The van der Waals surface area contributed by atoms with E-state index in [4.69, 9.17) is 14.2 Å². The van der Waals surface area contributed by atoms with E-state index in [1.165, 1.54) is 49.8 Å². The number of hydrogen-bond donors (Lipinski definition) is 2. The lowest BCUT2D eigenvalue weighted by Gasteiger charge is -2.16. The second-order valence-corrected chi connectivity index (χ2v) is 16.3. The van der Waals surface area contributed by atoms with Crippen LogP contribution in [0.2, 0.25) is 0 Å². The zero-order valence-electron chi connectivity index (χ0n) is 37.8. The molecule has 1 aromatic heterocycles. The number of methoxy groups -OCH3 is 2. The minimum Gasteiger partial charge on any atom is -0.489 e. The van der Waals surface area contributed by atoms with Crippen LogP contribution in [0.3, 0.4) is 0 Å². The summed E-state index contributed by atoms with van der Waals surface area (Å²) in [5.74, 6) is -1.51. The molecule has 7 rings (SSSR count). The number of halogens is 6. The molecule has 0 aliphatic rings. The quantitative estimate of drug-likeness (QED) is 0.0367. The zero-order valence-corrected chi connectivity index (χ0v) is 38.6. The maximum absolute atomic E-state index is 12.8. The Kier molecular flexibility index (Phi) is 18.0. The fourth-order valence-electron chi connectivity index (χ4n) is 7.04. The van der Waals surface area contributed by atoms with E-state index in [-0.39, 0.29) is 37.9 Å². The third-order valence-corrected chi connectivity index (χ3v) is 11.6. The number of hydrogen-bond acceptors (Lipinski definition) is 11. The van der Waals surface area contributed by atoms with Gasteiger partial charge in [0, 0.05) is 5.92 Å². The normalized spacial score (nSPS) is 12.0. The third kappa shape index (κ3) is 15.2. The molecule has 0 aliphatic carbocycles. The molecule has 0 saturated heterocycles. The molecule has 0 fully saturated rings. The Hall–Kier alpha value is -8.06. The van der Waals surface area contributed by atoms with E-state index >= 15 is 0 Å². The van der Waals surface area contributed by atoms with Gasteiger partial charge in [-0.25, -0.2) is 0 Å². The number of nitrogens with zero attached hydrogens (tertiary/aromatic N) is 2. The van der Waals surface area contributed by atoms with Crippen molar-refractivity contribution in [1.29, 1.82) is 0 Å².